The number of aromatic nitrogens is 3. The third-order valence-corrected chi connectivity index (χ3v) is 5.55. The smallest absolute Gasteiger partial charge is 0.191 e. The van der Waals surface area contributed by atoms with Crippen LogP contribution in [-0.4, -0.2) is 46.1 Å². The van der Waals surface area contributed by atoms with E-state index in [9.17, 15) is 0 Å². The van der Waals surface area contributed by atoms with E-state index in [0.29, 0.717) is 0 Å². The van der Waals surface area contributed by atoms with Gasteiger partial charge in [0, 0.05) is 49.2 Å². The molecule has 26 heavy (non-hydrogen) atoms. The molecule has 0 saturated carbocycles. The fourth-order valence-corrected chi connectivity index (χ4v) is 4.01. The Kier molecular flexibility index (Phi) is 11.9. The Balaban J connectivity index is 0.00000338. The zero-order valence-electron chi connectivity index (χ0n) is 15.7. The van der Waals surface area contributed by atoms with Gasteiger partial charge in [-0.25, -0.2) is 4.98 Å². The van der Waals surface area contributed by atoms with Crippen LogP contribution in [0.3, 0.4) is 0 Å². The largest absolute Gasteiger partial charge is 0.357 e. The van der Waals surface area contributed by atoms with Crippen LogP contribution in [0.25, 0.3) is 0 Å². The van der Waals surface area contributed by atoms with Crippen LogP contribution >= 0.6 is 47.1 Å². The van der Waals surface area contributed by atoms with Crippen molar-refractivity contribution in [2.24, 2.45) is 4.99 Å². The minimum Gasteiger partial charge on any atom is -0.357 e. The standard InChI is InChI=1S/C17H28N6S2.HI/c1-4-18-16(20-8-6-11-24-17-21-9-12-25-17)19-7-5-10-23-15(3)13-14(2)22-23;/h9,12-13H,4-8,10-11H2,1-3H3,(H2,18,19,20);1H. The molecule has 2 aromatic heterocycles. The lowest BCUT2D eigenvalue weighted by molar-refractivity contribution is 0.555. The summed E-state index contributed by atoms with van der Waals surface area (Å²) in [7, 11) is 0. The molecule has 2 N–H and O–H groups in total. The van der Waals surface area contributed by atoms with Crippen molar-refractivity contribution < 1.29 is 0 Å². The number of hydrogen-bond acceptors (Lipinski definition) is 5. The Morgan fingerprint density at radius 1 is 1.31 bits per heavy atom. The van der Waals surface area contributed by atoms with Gasteiger partial charge in [-0.3, -0.25) is 9.67 Å². The van der Waals surface area contributed by atoms with Gasteiger partial charge in [-0.15, -0.1) is 35.3 Å². The van der Waals surface area contributed by atoms with Gasteiger partial charge in [0.1, 0.15) is 4.34 Å². The first-order chi connectivity index (χ1) is 12.2. The minimum atomic E-state index is 0. The van der Waals surface area contributed by atoms with Crippen molar-refractivity contribution in [1.29, 1.82) is 0 Å². The highest BCUT2D eigenvalue weighted by Crippen LogP contribution is 2.20. The van der Waals surface area contributed by atoms with Gasteiger partial charge < -0.3 is 10.6 Å². The van der Waals surface area contributed by atoms with Gasteiger partial charge in [0.05, 0.1) is 5.69 Å². The Labute approximate surface area is 181 Å². The average Bonchev–Trinajstić information content (AvgIpc) is 3.20. The maximum absolute atomic E-state index is 4.64. The summed E-state index contributed by atoms with van der Waals surface area (Å²) < 4.78 is 3.20. The van der Waals surface area contributed by atoms with Crippen LogP contribution in [0.5, 0.6) is 0 Å². The summed E-state index contributed by atoms with van der Waals surface area (Å²) in [6.07, 6.45) is 3.92. The summed E-state index contributed by atoms with van der Waals surface area (Å²) in [5.41, 5.74) is 2.30. The highest BCUT2D eigenvalue weighted by atomic mass is 127. The van der Waals surface area contributed by atoms with E-state index in [1.165, 1.54) is 5.69 Å². The molecule has 2 aromatic rings. The molecule has 0 amide bonds. The quantitative estimate of drug-likeness (QED) is 0.169. The molecule has 9 heteroatoms. The molecule has 0 fully saturated rings. The van der Waals surface area contributed by atoms with Crippen LogP contribution in [0, 0.1) is 13.8 Å². The van der Waals surface area contributed by atoms with Crippen molar-refractivity contribution in [3.63, 3.8) is 0 Å². The molecule has 0 aliphatic heterocycles. The zero-order valence-corrected chi connectivity index (χ0v) is 19.7. The van der Waals surface area contributed by atoms with E-state index in [1.807, 2.05) is 18.5 Å². The molecule has 0 radical (unpaired) electrons. The van der Waals surface area contributed by atoms with Crippen molar-refractivity contribution in [3.05, 3.63) is 29.0 Å². The number of aryl methyl sites for hydroxylation is 3. The summed E-state index contributed by atoms with van der Waals surface area (Å²) in [6, 6.07) is 2.11. The Morgan fingerprint density at radius 3 is 2.81 bits per heavy atom. The number of nitrogens with one attached hydrogen (secondary N) is 2. The highest BCUT2D eigenvalue weighted by Gasteiger charge is 2.01. The molecule has 0 aromatic carbocycles. The van der Waals surface area contributed by atoms with Crippen LogP contribution in [0.1, 0.15) is 31.2 Å². The van der Waals surface area contributed by atoms with Gasteiger partial charge in [-0.2, -0.15) is 5.10 Å². The molecule has 0 aliphatic rings. The van der Waals surface area contributed by atoms with Crippen molar-refractivity contribution in [1.82, 2.24) is 25.4 Å². The molecule has 0 unspecified atom stereocenters. The summed E-state index contributed by atoms with van der Waals surface area (Å²) in [6.45, 7) is 9.73. The van der Waals surface area contributed by atoms with Crippen LogP contribution in [0.15, 0.2) is 27.0 Å². The summed E-state index contributed by atoms with van der Waals surface area (Å²) >= 11 is 3.50. The van der Waals surface area contributed by atoms with E-state index in [4.69, 9.17) is 0 Å². The number of guanidine groups is 1. The van der Waals surface area contributed by atoms with Crippen molar-refractivity contribution in [2.45, 2.75) is 44.5 Å². The van der Waals surface area contributed by atoms with E-state index >= 15 is 0 Å². The molecule has 0 spiro atoms. The molecule has 0 atom stereocenters. The predicted molar refractivity (Wildman–Crippen MR) is 123 cm³/mol. The summed E-state index contributed by atoms with van der Waals surface area (Å²) in [5, 5.41) is 13.2. The van der Waals surface area contributed by atoms with E-state index in [0.717, 1.165) is 60.8 Å². The van der Waals surface area contributed by atoms with E-state index < -0.39 is 0 Å². The van der Waals surface area contributed by atoms with Gasteiger partial charge in [-0.1, -0.05) is 11.8 Å². The minimum absolute atomic E-state index is 0. The number of nitrogens with zero attached hydrogens (tertiary/aromatic N) is 4. The first-order valence-electron chi connectivity index (χ1n) is 8.74. The molecule has 0 saturated heterocycles. The monoisotopic (exact) mass is 508 g/mol. The number of rotatable bonds is 10. The van der Waals surface area contributed by atoms with Gasteiger partial charge in [0.2, 0.25) is 0 Å². The van der Waals surface area contributed by atoms with Crippen LogP contribution in [0.2, 0.25) is 0 Å². The molecular formula is C17H29IN6S2. The number of thioether (sulfide) groups is 1. The summed E-state index contributed by atoms with van der Waals surface area (Å²) in [5.74, 6) is 1.95. The zero-order chi connectivity index (χ0) is 17.9. The van der Waals surface area contributed by atoms with E-state index in [-0.39, 0.29) is 24.0 Å². The predicted octanol–water partition coefficient (Wildman–Crippen LogP) is 3.70. The van der Waals surface area contributed by atoms with Gasteiger partial charge in [0.15, 0.2) is 5.96 Å². The Morgan fingerprint density at radius 2 is 2.15 bits per heavy atom. The lowest BCUT2D eigenvalue weighted by atomic mass is 10.4. The van der Waals surface area contributed by atoms with Crippen molar-refractivity contribution >= 4 is 53.0 Å². The topological polar surface area (TPSA) is 67.1 Å². The Hall–Kier alpha value is -0.810. The Bertz CT molecular complexity index is 642. The number of hydrogen-bond donors (Lipinski definition) is 2. The fraction of sp³-hybridized carbons (Fsp3) is 0.588. The number of thiazole rings is 1. The van der Waals surface area contributed by atoms with Gasteiger partial charge in [0.25, 0.3) is 0 Å². The van der Waals surface area contributed by atoms with Crippen molar-refractivity contribution in [3.8, 4) is 0 Å². The van der Waals surface area contributed by atoms with Crippen LogP contribution in [-0.2, 0) is 6.54 Å². The third-order valence-electron chi connectivity index (χ3n) is 3.49. The van der Waals surface area contributed by atoms with Crippen LogP contribution < -0.4 is 10.6 Å². The maximum Gasteiger partial charge on any atom is 0.191 e. The molecule has 0 aliphatic carbocycles. The van der Waals surface area contributed by atoms with Crippen molar-refractivity contribution in [2.75, 3.05) is 25.4 Å². The molecule has 0 bridgehead atoms. The highest BCUT2D eigenvalue weighted by molar-refractivity contribution is 14.0. The lowest BCUT2D eigenvalue weighted by Crippen LogP contribution is -2.38. The molecule has 2 rings (SSSR count). The fourth-order valence-electron chi connectivity index (χ4n) is 2.38. The SMILES string of the molecule is CCNC(=NCCCSc1nccs1)NCCCn1nc(C)cc1C.I. The molecular weight excluding hydrogens is 479 g/mol. The number of halogens is 1. The molecule has 2 heterocycles. The second kappa shape index (κ2) is 13.4. The first kappa shape index (κ1) is 23.2. The van der Waals surface area contributed by atoms with E-state index in [2.05, 4.69) is 50.3 Å². The number of aliphatic imine (C=N–C) groups is 1. The van der Waals surface area contributed by atoms with Gasteiger partial charge >= 0.3 is 0 Å². The normalized spacial score (nSPS) is 11.3. The maximum atomic E-state index is 4.64. The van der Waals surface area contributed by atoms with Crippen LogP contribution in [0.4, 0.5) is 0 Å². The second-order valence-corrected chi connectivity index (χ2v) is 7.93. The second-order valence-electron chi connectivity index (χ2n) is 5.69. The summed E-state index contributed by atoms with van der Waals surface area (Å²) in [4.78, 5) is 8.92. The first-order valence-corrected chi connectivity index (χ1v) is 10.6. The lowest BCUT2D eigenvalue weighted by Gasteiger charge is -2.11. The molecule has 6 nitrogen and oxygen atoms in total. The third kappa shape index (κ3) is 8.72. The molecule has 146 valence electrons. The van der Waals surface area contributed by atoms with E-state index in [1.54, 1.807) is 23.1 Å². The van der Waals surface area contributed by atoms with Gasteiger partial charge in [-0.05, 0) is 39.7 Å². The average molecular weight is 508 g/mol.